The molecule has 0 atom stereocenters. The van der Waals surface area contributed by atoms with Crippen molar-refractivity contribution in [3.8, 4) is 5.75 Å². The number of rotatable bonds is 5. The highest BCUT2D eigenvalue weighted by Gasteiger charge is 2.18. The molecule has 4 heteroatoms. The first kappa shape index (κ1) is 13.6. The minimum absolute atomic E-state index is 0.105. The molecule has 1 aliphatic carbocycles. The van der Waals surface area contributed by atoms with Crippen LogP contribution in [-0.2, 0) is 11.2 Å². The molecule has 0 saturated carbocycles. The van der Waals surface area contributed by atoms with Gasteiger partial charge < -0.3 is 9.84 Å². The zero-order valence-corrected chi connectivity index (χ0v) is 10.9. The van der Waals surface area contributed by atoms with Crippen LogP contribution in [0.1, 0.15) is 48.0 Å². The second kappa shape index (κ2) is 6.36. The van der Waals surface area contributed by atoms with Crippen LogP contribution in [0, 0.1) is 0 Å². The molecule has 0 aliphatic heterocycles. The number of hydrogen-bond acceptors (Lipinski definition) is 3. The van der Waals surface area contributed by atoms with Gasteiger partial charge in [-0.25, -0.2) is 0 Å². The highest BCUT2D eigenvalue weighted by Crippen LogP contribution is 2.28. The Bertz CT molecular complexity index is 479. The van der Waals surface area contributed by atoms with E-state index >= 15 is 0 Å². The van der Waals surface area contributed by atoms with Gasteiger partial charge in [-0.15, -0.1) is 0 Å². The first-order valence-corrected chi connectivity index (χ1v) is 6.68. The standard InChI is InChI=1S/C15H18O4/c16-13-7-2-1-5-12-11(13)6-3-8-14(12)19-10-4-9-15(17)18/h3,6,8H,1-2,4-5,7,9-10H2,(H,17,18). The molecule has 0 unspecified atom stereocenters. The fourth-order valence-corrected chi connectivity index (χ4v) is 2.35. The normalized spacial score (nSPS) is 14.6. The largest absolute Gasteiger partial charge is 0.493 e. The Labute approximate surface area is 112 Å². The summed E-state index contributed by atoms with van der Waals surface area (Å²) in [4.78, 5) is 22.4. The molecule has 0 radical (unpaired) electrons. The van der Waals surface area contributed by atoms with Crippen LogP contribution in [0.15, 0.2) is 18.2 Å². The van der Waals surface area contributed by atoms with Gasteiger partial charge in [-0.3, -0.25) is 9.59 Å². The van der Waals surface area contributed by atoms with Gasteiger partial charge in [-0.1, -0.05) is 12.1 Å². The van der Waals surface area contributed by atoms with Gasteiger partial charge in [0, 0.05) is 24.0 Å². The fraction of sp³-hybridized carbons (Fsp3) is 0.467. The van der Waals surface area contributed by atoms with E-state index in [1.54, 1.807) is 0 Å². The van der Waals surface area contributed by atoms with E-state index in [9.17, 15) is 9.59 Å². The molecule has 2 rings (SSSR count). The van der Waals surface area contributed by atoms with Crippen molar-refractivity contribution in [2.75, 3.05) is 6.61 Å². The maximum absolute atomic E-state index is 11.9. The Balaban J connectivity index is 2.07. The molecule has 1 N–H and O–H groups in total. The van der Waals surface area contributed by atoms with Crippen LogP contribution in [0.3, 0.4) is 0 Å². The number of carboxylic acid groups (broad SMARTS) is 1. The summed E-state index contributed by atoms with van der Waals surface area (Å²) in [6, 6.07) is 5.54. The molecule has 1 aliphatic rings. The molecular formula is C15H18O4. The summed E-state index contributed by atoms with van der Waals surface area (Å²) in [6.07, 6.45) is 3.97. The summed E-state index contributed by atoms with van der Waals surface area (Å²) in [5.41, 5.74) is 1.76. The third kappa shape index (κ3) is 3.56. The molecule has 0 spiro atoms. The highest BCUT2D eigenvalue weighted by atomic mass is 16.5. The van der Waals surface area contributed by atoms with Crippen molar-refractivity contribution in [1.82, 2.24) is 0 Å². The molecular weight excluding hydrogens is 244 g/mol. The van der Waals surface area contributed by atoms with Gasteiger partial charge in [0.1, 0.15) is 5.75 Å². The number of aliphatic carboxylic acids is 1. The van der Waals surface area contributed by atoms with Crippen LogP contribution >= 0.6 is 0 Å². The number of benzene rings is 1. The van der Waals surface area contributed by atoms with E-state index in [0.29, 0.717) is 19.4 Å². The lowest BCUT2D eigenvalue weighted by Gasteiger charge is -2.12. The zero-order valence-electron chi connectivity index (χ0n) is 10.9. The molecule has 0 aromatic heterocycles. The second-order valence-electron chi connectivity index (χ2n) is 4.76. The van der Waals surface area contributed by atoms with Crippen molar-refractivity contribution in [2.24, 2.45) is 0 Å². The average Bonchev–Trinajstić information content (AvgIpc) is 2.57. The van der Waals surface area contributed by atoms with E-state index < -0.39 is 5.97 Å². The third-order valence-corrected chi connectivity index (χ3v) is 3.31. The summed E-state index contributed by atoms with van der Waals surface area (Å²) in [5.74, 6) is 0.104. The zero-order chi connectivity index (χ0) is 13.7. The van der Waals surface area contributed by atoms with E-state index in [1.807, 2.05) is 18.2 Å². The molecule has 0 bridgehead atoms. The van der Waals surface area contributed by atoms with Gasteiger partial charge in [-0.2, -0.15) is 0 Å². The summed E-state index contributed by atoms with van der Waals surface area (Å²) in [5, 5.41) is 8.57. The Kier molecular flexibility index (Phi) is 4.55. The number of carbonyl (C=O) groups is 2. The molecule has 1 aromatic rings. The summed E-state index contributed by atoms with van der Waals surface area (Å²) in [6.45, 7) is 0.372. The van der Waals surface area contributed by atoms with E-state index in [0.717, 1.165) is 36.1 Å². The van der Waals surface area contributed by atoms with Crippen LogP contribution in [0.25, 0.3) is 0 Å². The van der Waals surface area contributed by atoms with Gasteiger partial charge in [0.2, 0.25) is 0 Å². The molecule has 4 nitrogen and oxygen atoms in total. The Hall–Kier alpha value is -1.84. The van der Waals surface area contributed by atoms with Crippen LogP contribution in [0.2, 0.25) is 0 Å². The first-order valence-electron chi connectivity index (χ1n) is 6.68. The fourth-order valence-electron chi connectivity index (χ4n) is 2.35. The SMILES string of the molecule is O=C(O)CCCOc1cccc2c1CCCCC2=O. The van der Waals surface area contributed by atoms with Crippen molar-refractivity contribution >= 4 is 11.8 Å². The third-order valence-electron chi connectivity index (χ3n) is 3.31. The monoisotopic (exact) mass is 262 g/mol. The van der Waals surface area contributed by atoms with Gasteiger partial charge in [0.15, 0.2) is 5.78 Å². The molecule has 0 amide bonds. The quantitative estimate of drug-likeness (QED) is 0.654. The van der Waals surface area contributed by atoms with Gasteiger partial charge >= 0.3 is 5.97 Å². The smallest absolute Gasteiger partial charge is 0.303 e. The Morgan fingerprint density at radius 1 is 1.26 bits per heavy atom. The van der Waals surface area contributed by atoms with Gasteiger partial charge in [0.05, 0.1) is 6.61 Å². The van der Waals surface area contributed by atoms with Crippen molar-refractivity contribution in [3.05, 3.63) is 29.3 Å². The number of ketones is 1. The Morgan fingerprint density at radius 3 is 2.84 bits per heavy atom. The molecule has 1 aromatic carbocycles. The first-order chi connectivity index (χ1) is 9.18. The van der Waals surface area contributed by atoms with Crippen molar-refractivity contribution in [2.45, 2.75) is 38.5 Å². The summed E-state index contributed by atoms with van der Waals surface area (Å²) >= 11 is 0. The van der Waals surface area contributed by atoms with Crippen LogP contribution in [0.5, 0.6) is 5.75 Å². The topological polar surface area (TPSA) is 63.6 Å². The molecule has 0 fully saturated rings. The van der Waals surface area contributed by atoms with Crippen molar-refractivity contribution in [1.29, 1.82) is 0 Å². The lowest BCUT2D eigenvalue weighted by Crippen LogP contribution is -2.06. The van der Waals surface area contributed by atoms with Gasteiger partial charge in [-0.05, 0) is 31.7 Å². The summed E-state index contributed by atoms with van der Waals surface area (Å²) in [7, 11) is 0. The predicted octanol–water partition coefficient (Wildman–Crippen LogP) is 2.84. The van der Waals surface area contributed by atoms with E-state index in [1.165, 1.54) is 0 Å². The number of Topliss-reactive ketones (excluding diaryl/α,β-unsaturated/α-hetero) is 1. The average molecular weight is 262 g/mol. The maximum atomic E-state index is 11.9. The van der Waals surface area contributed by atoms with Crippen LogP contribution in [0.4, 0.5) is 0 Å². The highest BCUT2D eigenvalue weighted by molar-refractivity contribution is 5.98. The van der Waals surface area contributed by atoms with Crippen LogP contribution in [-0.4, -0.2) is 23.5 Å². The van der Waals surface area contributed by atoms with Crippen molar-refractivity contribution < 1.29 is 19.4 Å². The van der Waals surface area contributed by atoms with Crippen molar-refractivity contribution in [3.63, 3.8) is 0 Å². The minimum Gasteiger partial charge on any atom is -0.493 e. The van der Waals surface area contributed by atoms with Crippen LogP contribution < -0.4 is 4.74 Å². The van der Waals surface area contributed by atoms with E-state index in [4.69, 9.17) is 9.84 Å². The lowest BCUT2D eigenvalue weighted by molar-refractivity contribution is -0.137. The molecule has 19 heavy (non-hydrogen) atoms. The number of ether oxygens (including phenoxy) is 1. The van der Waals surface area contributed by atoms with Gasteiger partial charge in [0.25, 0.3) is 0 Å². The second-order valence-corrected chi connectivity index (χ2v) is 4.76. The predicted molar refractivity (Wildman–Crippen MR) is 70.7 cm³/mol. The molecule has 0 saturated heterocycles. The number of fused-ring (bicyclic) bond motifs is 1. The van der Waals surface area contributed by atoms with E-state index in [-0.39, 0.29) is 12.2 Å². The molecule has 0 heterocycles. The minimum atomic E-state index is -0.814. The number of carboxylic acids is 1. The molecule has 102 valence electrons. The summed E-state index contributed by atoms with van der Waals surface area (Å²) < 4.78 is 5.64. The lowest BCUT2D eigenvalue weighted by atomic mass is 10.0. The Morgan fingerprint density at radius 2 is 2.05 bits per heavy atom. The number of hydrogen-bond donors (Lipinski definition) is 1. The van der Waals surface area contributed by atoms with E-state index in [2.05, 4.69) is 0 Å². The maximum Gasteiger partial charge on any atom is 0.303 e. The number of carbonyl (C=O) groups excluding carboxylic acids is 1.